The van der Waals surface area contributed by atoms with E-state index in [1.165, 1.54) is 0 Å². The quantitative estimate of drug-likeness (QED) is 0.102. The van der Waals surface area contributed by atoms with Crippen LogP contribution >= 0.6 is 25.0 Å². The van der Waals surface area contributed by atoms with Crippen LogP contribution in [0.15, 0.2) is 126 Å². The molecule has 0 spiro atoms. The molecule has 5 aromatic rings. The van der Waals surface area contributed by atoms with Gasteiger partial charge in [-0.25, -0.2) is 8.78 Å². The first-order chi connectivity index (χ1) is 25.9. The molecule has 1 aliphatic rings. The number of hydrogen-bond acceptors (Lipinski definition) is 8. The van der Waals surface area contributed by atoms with Gasteiger partial charge in [0.25, 0.3) is 0 Å². The second kappa shape index (κ2) is 16.2. The van der Waals surface area contributed by atoms with Gasteiger partial charge in [-0.15, -0.1) is 0 Å². The summed E-state index contributed by atoms with van der Waals surface area (Å²) in [6.45, 7) is 0. The summed E-state index contributed by atoms with van der Waals surface area (Å²) in [6, 6.07) is 18.8. The third-order valence-electron chi connectivity index (χ3n) is 6.86. The maximum Gasteiger partial charge on any atom is 0.416 e. The maximum absolute atomic E-state index is 13.8. The third kappa shape index (κ3) is 10.4. The van der Waals surface area contributed by atoms with E-state index < -0.39 is 89.1 Å². The van der Waals surface area contributed by atoms with Gasteiger partial charge in [0.15, 0.2) is 0 Å². The van der Waals surface area contributed by atoms with Crippen molar-refractivity contribution in [3.05, 3.63) is 150 Å². The standard InChI is InChI=1S/C33H21F11N3O5P3/c34-24-10-14-26(15-11-24)50-53-45-54(51-27-16-12-25(35)13-17-27)47(49-29-8-2-5-22(19-29)32(39,40)41)55(52-30-9-3-6-23(20-30)33(42,43)44)46(53)48-28-7-1-4-21(18-28)31(36,37)38/h1-20,53H. The van der Waals surface area contributed by atoms with E-state index in [9.17, 15) is 48.3 Å². The van der Waals surface area contributed by atoms with E-state index in [0.29, 0.717) is 18.2 Å². The maximum atomic E-state index is 13.8. The van der Waals surface area contributed by atoms with Gasteiger partial charge in [0.1, 0.15) is 40.4 Å². The van der Waals surface area contributed by atoms with E-state index in [1.54, 1.807) is 0 Å². The number of halogens is 11. The summed E-state index contributed by atoms with van der Waals surface area (Å²) in [5.74, 6) is -3.07. The van der Waals surface area contributed by atoms with E-state index in [-0.39, 0.29) is 11.5 Å². The number of alkyl halides is 9. The first-order valence-electron chi connectivity index (χ1n) is 15.1. The van der Waals surface area contributed by atoms with E-state index in [0.717, 1.165) is 112 Å². The lowest BCUT2D eigenvalue weighted by Gasteiger charge is -2.40. The lowest BCUT2D eigenvalue weighted by molar-refractivity contribution is -0.138. The fourth-order valence-corrected chi connectivity index (χ4v) is 10.9. The molecule has 0 fully saturated rings. The molecule has 0 amide bonds. The molecule has 0 saturated heterocycles. The van der Waals surface area contributed by atoms with Crippen LogP contribution in [0.5, 0.6) is 28.7 Å². The minimum absolute atomic E-state index is 0.0744. The molecule has 3 atom stereocenters. The molecule has 55 heavy (non-hydrogen) atoms. The van der Waals surface area contributed by atoms with Crippen molar-refractivity contribution < 1.29 is 71.5 Å². The summed E-state index contributed by atoms with van der Waals surface area (Å²) in [5, 5.41) is 0. The largest absolute Gasteiger partial charge is 0.446 e. The highest BCUT2D eigenvalue weighted by Gasteiger charge is 2.49. The van der Waals surface area contributed by atoms with Crippen LogP contribution in [0.25, 0.3) is 0 Å². The SMILES string of the molecule is Fc1ccc(OP2N=[PH](Oc3ccc(F)cc3)N(Oc3cccc(C(F)(F)F)c3)P(Oc3cccc(C(F)(F)F)c3)N2Oc2cccc(C(F)(F)F)c2)cc1. The van der Waals surface area contributed by atoms with Gasteiger partial charge < -0.3 is 23.2 Å². The van der Waals surface area contributed by atoms with Gasteiger partial charge in [0.2, 0.25) is 8.09 Å². The van der Waals surface area contributed by atoms with Crippen LogP contribution in [0.3, 0.4) is 0 Å². The van der Waals surface area contributed by atoms with Crippen LogP contribution in [0, 0.1) is 11.6 Å². The average molecular weight is 841 g/mol. The van der Waals surface area contributed by atoms with Crippen LogP contribution in [0.2, 0.25) is 0 Å². The molecule has 8 nitrogen and oxygen atoms in total. The van der Waals surface area contributed by atoms with Crippen LogP contribution in [-0.2, 0) is 18.5 Å². The summed E-state index contributed by atoms with van der Waals surface area (Å²) in [4.78, 5) is 11.8. The summed E-state index contributed by atoms with van der Waals surface area (Å²) < 4.78 is 176. The van der Waals surface area contributed by atoms with Crippen molar-refractivity contribution in [3.8, 4) is 28.7 Å². The Labute approximate surface area is 307 Å². The van der Waals surface area contributed by atoms with Gasteiger partial charge in [-0.05, 0) is 103 Å². The highest BCUT2D eigenvalue weighted by Crippen LogP contribution is 2.71. The Morgan fingerprint density at radius 2 is 0.927 bits per heavy atom. The molecule has 0 aromatic heterocycles. The Balaban J connectivity index is 1.54. The molecular formula is C33H21F11N3O5P3. The Morgan fingerprint density at radius 3 is 1.42 bits per heavy atom. The van der Waals surface area contributed by atoms with Gasteiger partial charge in [-0.1, -0.05) is 18.2 Å². The zero-order valence-electron chi connectivity index (χ0n) is 27.0. The predicted molar refractivity (Wildman–Crippen MR) is 179 cm³/mol. The molecule has 22 heteroatoms. The lowest BCUT2D eigenvalue weighted by atomic mass is 10.2. The van der Waals surface area contributed by atoms with Gasteiger partial charge in [0.05, 0.1) is 16.7 Å². The molecule has 5 aromatic carbocycles. The van der Waals surface area contributed by atoms with E-state index in [1.807, 2.05) is 0 Å². The Hall–Kier alpha value is -4.66. The number of hydrogen-bond donors (Lipinski definition) is 0. The molecular weight excluding hydrogens is 820 g/mol. The first-order valence-corrected chi connectivity index (χ1v) is 18.8. The summed E-state index contributed by atoms with van der Waals surface area (Å²) in [7, 11) is -9.10. The van der Waals surface area contributed by atoms with Gasteiger partial charge in [-0.2, -0.15) is 44.0 Å². The first kappa shape index (κ1) is 40.0. The number of benzene rings is 5. The summed E-state index contributed by atoms with van der Waals surface area (Å²) in [5.41, 5.74) is -3.53. The Kier molecular flexibility index (Phi) is 11.8. The molecule has 0 radical (unpaired) electrons. The fraction of sp³-hybridized carbons (Fsp3) is 0.0909. The molecule has 0 saturated carbocycles. The van der Waals surface area contributed by atoms with Crippen molar-refractivity contribution in [1.29, 1.82) is 0 Å². The molecule has 6 rings (SSSR count). The molecule has 0 N–H and O–H groups in total. The molecule has 0 bridgehead atoms. The minimum Gasteiger partial charge on any atom is -0.446 e. The molecule has 1 heterocycles. The monoisotopic (exact) mass is 841 g/mol. The summed E-state index contributed by atoms with van der Waals surface area (Å²) in [6.07, 6.45) is -14.6. The Morgan fingerprint density at radius 1 is 0.491 bits per heavy atom. The third-order valence-corrected chi connectivity index (χ3v) is 12.9. The lowest BCUT2D eigenvalue weighted by Crippen LogP contribution is -2.33. The van der Waals surface area contributed by atoms with Gasteiger partial charge in [-0.3, -0.25) is 0 Å². The fourth-order valence-electron chi connectivity index (χ4n) is 4.36. The van der Waals surface area contributed by atoms with Crippen molar-refractivity contribution in [2.75, 3.05) is 0 Å². The van der Waals surface area contributed by atoms with Crippen LogP contribution < -0.4 is 23.2 Å². The normalized spacial score (nSPS) is 18.3. The van der Waals surface area contributed by atoms with Crippen LogP contribution in [0.1, 0.15) is 16.7 Å². The highest BCUT2D eigenvalue weighted by molar-refractivity contribution is 7.74. The minimum atomic E-state index is -4.88. The van der Waals surface area contributed by atoms with E-state index >= 15 is 0 Å². The molecule has 1 aliphatic heterocycles. The second-order valence-corrected chi connectivity index (χ2v) is 16.0. The highest BCUT2D eigenvalue weighted by atomic mass is 31.3. The van der Waals surface area contributed by atoms with Gasteiger partial charge in [0, 0.05) is 9.21 Å². The average Bonchev–Trinajstić information content (AvgIpc) is 3.12. The number of rotatable bonds is 10. The van der Waals surface area contributed by atoms with Crippen molar-refractivity contribution in [2.24, 2.45) is 4.52 Å². The van der Waals surface area contributed by atoms with Crippen molar-refractivity contribution in [2.45, 2.75) is 18.5 Å². The van der Waals surface area contributed by atoms with Crippen molar-refractivity contribution in [1.82, 2.24) is 9.21 Å². The van der Waals surface area contributed by atoms with Crippen molar-refractivity contribution >= 4 is 25.0 Å². The zero-order chi connectivity index (χ0) is 39.5. The van der Waals surface area contributed by atoms with Crippen LogP contribution in [-0.4, -0.2) is 9.21 Å². The smallest absolute Gasteiger partial charge is 0.416 e. The Bertz CT molecular complexity index is 2140. The predicted octanol–water partition coefficient (Wildman–Crippen LogP) is 12.8. The van der Waals surface area contributed by atoms with E-state index in [2.05, 4.69) is 4.52 Å². The van der Waals surface area contributed by atoms with Crippen LogP contribution in [0.4, 0.5) is 48.3 Å². The molecule has 290 valence electrons. The van der Waals surface area contributed by atoms with Crippen molar-refractivity contribution in [3.63, 3.8) is 0 Å². The topological polar surface area (TPSA) is 65.0 Å². The summed E-state index contributed by atoms with van der Waals surface area (Å²) >= 11 is 0. The van der Waals surface area contributed by atoms with E-state index in [4.69, 9.17) is 23.2 Å². The molecule has 3 unspecified atom stereocenters. The zero-order valence-corrected chi connectivity index (χ0v) is 29.8. The number of nitrogens with zero attached hydrogens (tertiary/aromatic N) is 3. The molecule has 0 aliphatic carbocycles. The van der Waals surface area contributed by atoms with Gasteiger partial charge >= 0.3 is 35.4 Å². The second-order valence-electron chi connectivity index (χ2n) is 10.9.